The number of carbonyl (C=O) groups excluding carboxylic acids is 1. The average molecular weight is 566 g/mol. The number of aromatic carboxylic acids is 1. The SMILES string of the molecule is Cc1ccccc1C(C)NC(=O)C1CCN(Cc2cn(Cc3ccoc3C(=O)O)nn2)CC1.O=C(O)C(F)(F)F. The zero-order valence-corrected chi connectivity index (χ0v) is 21.9. The number of aliphatic carboxylic acids is 1. The van der Waals surface area contributed by atoms with Gasteiger partial charge in [-0.1, -0.05) is 29.5 Å². The molecule has 2 aromatic heterocycles. The maximum atomic E-state index is 12.8. The first-order valence-corrected chi connectivity index (χ1v) is 12.4. The molecule has 11 nitrogen and oxygen atoms in total. The van der Waals surface area contributed by atoms with Crippen molar-refractivity contribution in [2.24, 2.45) is 5.92 Å². The lowest BCUT2D eigenvalue weighted by Gasteiger charge is -2.31. The van der Waals surface area contributed by atoms with Crippen molar-refractivity contribution in [3.63, 3.8) is 0 Å². The van der Waals surface area contributed by atoms with Gasteiger partial charge in [0.25, 0.3) is 0 Å². The molecule has 4 rings (SSSR count). The maximum Gasteiger partial charge on any atom is 0.490 e. The molecule has 1 amide bonds. The van der Waals surface area contributed by atoms with Crippen molar-refractivity contribution >= 4 is 17.8 Å². The molecule has 0 spiro atoms. The molecule has 0 saturated carbocycles. The van der Waals surface area contributed by atoms with Gasteiger partial charge in [-0.2, -0.15) is 13.2 Å². The van der Waals surface area contributed by atoms with Crippen LogP contribution in [0.5, 0.6) is 0 Å². The highest BCUT2D eigenvalue weighted by Gasteiger charge is 2.38. The number of piperidine rings is 1. The summed E-state index contributed by atoms with van der Waals surface area (Å²) in [5, 5.41) is 27.8. The summed E-state index contributed by atoms with van der Waals surface area (Å²) in [5.41, 5.74) is 3.69. The quantitative estimate of drug-likeness (QED) is 0.372. The molecule has 3 heterocycles. The highest BCUT2D eigenvalue weighted by atomic mass is 19.4. The van der Waals surface area contributed by atoms with Crippen molar-refractivity contribution in [1.29, 1.82) is 0 Å². The number of alkyl halides is 3. The average Bonchev–Trinajstić information content (AvgIpc) is 3.54. The van der Waals surface area contributed by atoms with Gasteiger partial charge in [-0.25, -0.2) is 14.3 Å². The normalized spacial score (nSPS) is 15.1. The van der Waals surface area contributed by atoms with Crippen LogP contribution in [-0.4, -0.2) is 67.2 Å². The second kappa shape index (κ2) is 13.2. The summed E-state index contributed by atoms with van der Waals surface area (Å²) in [6.07, 6.45) is -0.297. The number of rotatable bonds is 8. The van der Waals surface area contributed by atoms with Gasteiger partial charge in [0.05, 0.1) is 30.7 Å². The van der Waals surface area contributed by atoms with Crippen LogP contribution in [0.25, 0.3) is 0 Å². The van der Waals surface area contributed by atoms with Gasteiger partial charge in [0, 0.05) is 18.0 Å². The lowest BCUT2D eigenvalue weighted by atomic mass is 9.94. The van der Waals surface area contributed by atoms with Crippen LogP contribution in [0.3, 0.4) is 0 Å². The number of hydrogen-bond donors (Lipinski definition) is 3. The number of benzene rings is 1. The summed E-state index contributed by atoms with van der Waals surface area (Å²) in [6, 6.07) is 9.74. The first-order valence-electron chi connectivity index (χ1n) is 12.4. The molecule has 14 heteroatoms. The molecule has 0 aliphatic carbocycles. The van der Waals surface area contributed by atoms with Crippen LogP contribution < -0.4 is 5.32 Å². The molecule has 1 aliphatic rings. The summed E-state index contributed by atoms with van der Waals surface area (Å²) >= 11 is 0. The van der Waals surface area contributed by atoms with E-state index in [0.29, 0.717) is 12.1 Å². The number of hydrogen-bond acceptors (Lipinski definition) is 7. The summed E-state index contributed by atoms with van der Waals surface area (Å²) in [7, 11) is 0. The van der Waals surface area contributed by atoms with E-state index < -0.39 is 18.1 Å². The van der Waals surface area contributed by atoms with Crippen molar-refractivity contribution in [2.75, 3.05) is 13.1 Å². The van der Waals surface area contributed by atoms with Crippen LogP contribution in [0.4, 0.5) is 13.2 Å². The van der Waals surface area contributed by atoms with Crippen molar-refractivity contribution in [1.82, 2.24) is 25.2 Å². The van der Waals surface area contributed by atoms with Crippen LogP contribution in [0.1, 0.15) is 58.7 Å². The summed E-state index contributed by atoms with van der Waals surface area (Å²) in [5.74, 6) is -3.81. The Morgan fingerprint density at radius 3 is 2.38 bits per heavy atom. The van der Waals surface area contributed by atoms with E-state index in [-0.39, 0.29) is 30.2 Å². The molecule has 1 atom stereocenters. The monoisotopic (exact) mass is 565 g/mol. The van der Waals surface area contributed by atoms with Crippen LogP contribution in [-0.2, 0) is 22.7 Å². The Balaban J connectivity index is 0.000000559. The lowest BCUT2D eigenvalue weighted by Crippen LogP contribution is -2.41. The maximum absolute atomic E-state index is 12.8. The van der Waals surface area contributed by atoms with Gasteiger partial charge in [0.1, 0.15) is 0 Å². The van der Waals surface area contributed by atoms with Gasteiger partial charge in [0.15, 0.2) is 0 Å². The van der Waals surface area contributed by atoms with E-state index in [1.807, 2.05) is 25.3 Å². The van der Waals surface area contributed by atoms with Gasteiger partial charge in [0.2, 0.25) is 11.7 Å². The Hall–Kier alpha value is -4.20. The van der Waals surface area contributed by atoms with Gasteiger partial charge in [-0.05, 0) is 57.0 Å². The van der Waals surface area contributed by atoms with Gasteiger partial charge >= 0.3 is 18.1 Å². The minimum absolute atomic E-state index is 0.0105. The van der Waals surface area contributed by atoms with E-state index >= 15 is 0 Å². The molecule has 216 valence electrons. The predicted molar refractivity (Wildman–Crippen MR) is 134 cm³/mol. The number of carboxylic acids is 2. The van der Waals surface area contributed by atoms with Gasteiger partial charge in [-0.3, -0.25) is 9.69 Å². The molecule has 0 bridgehead atoms. The molecular weight excluding hydrogens is 535 g/mol. The third kappa shape index (κ3) is 8.40. The van der Waals surface area contributed by atoms with E-state index in [9.17, 15) is 22.8 Å². The molecule has 40 heavy (non-hydrogen) atoms. The molecule has 1 aromatic carbocycles. The Labute approximate surface area is 227 Å². The number of nitrogens with zero attached hydrogens (tertiary/aromatic N) is 4. The van der Waals surface area contributed by atoms with Crippen LogP contribution in [0.15, 0.2) is 47.2 Å². The number of likely N-dealkylation sites (tertiary alicyclic amines) is 1. The molecule has 3 N–H and O–H groups in total. The number of carboxylic acid groups (broad SMARTS) is 2. The minimum Gasteiger partial charge on any atom is -0.475 e. The zero-order valence-electron chi connectivity index (χ0n) is 21.9. The highest BCUT2D eigenvalue weighted by molar-refractivity contribution is 5.86. The van der Waals surface area contributed by atoms with E-state index in [0.717, 1.165) is 37.2 Å². The van der Waals surface area contributed by atoms with E-state index in [1.54, 1.807) is 10.7 Å². The lowest BCUT2D eigenvalue weighted by molar-refractivity contribution is -0.192. The van der Waals surface area contributed by atoms with E-state index in [4.69, 9.17) is 19.4 Å². The van der Waals surface area contributed by atoms with Crippen molar-refractivity contribution in [3.8, 4) is 0 Å². The predicted octanol–water partition coefficient (Wildman–Crippen LogP) is 3.65. The van der Waals surface area contributed by atoms with E-state index in [2.05, 4.69) is 39.6 Å². The van der Waals surface area contributed by atoms with Crippen molar-refractivity contribution in [3.05, 3.63) is 70.9 Å². The number of nitrogens with one attached hydrogen (secondary N) is 1. The topological polar surface area (TPSA) is 151 Å². The summed E-state index contributed by atoms with van der Waals surface area (Å²) < 4.78 is 38.4. The minimum atomic E-state index is -5.08. The highest BCUT2D eigenvalue weighted by Crippen LogP contribution is 2.22. The molecule has 3 aromatic rings. The largest absolute Gasteiger partial charge is 0.490 e. The van der Waals surface area contributed by atoms with Gasteiger partial charge < -0.3 is 19.9 Å². The fourth-order valence-electron chi connectivity index (χ4n) is 4.37. The fourth-order valence-corrected chi connectivity index (χ4v) is 4.37. The number of aromatic nitrogens is 3. The van der Waals surface area contributed by atoms with Crippen LogP contribution in [0.2, 0.25) is 0 Å². The molecule has 0 radical (unpaired) electrons. The molecular formula is C26H30F3N5O6. The number of carbonyl (C=O) groups is 3. The van der Waals surface area contributed by atoms with E-state index in [1.165, 1.54) is 11.8 Å². The van der Waals surface area contributed by atoms with Gasteiger partial charge in [-0.15, -0.1) is 5.10 Å². The first-order chi connectivity index (χ1) is 18.8. The van der Waals surface area contributed by atoms with Crippen molar-refractivity contribution < 1.29 is 42.2 Å². The smallest absolute Gasteiger partial charge is 0.475 e. The summed E-state index contributed by atoms with van der Waals surface area (Å²) in [4.78, 5) is 35.1. The summed E-state index contributed by atoms with van der Waals surface area (Å²) in [6.45, 7) is 6.65. The molecule has 1 fully saturated rings. The first kappa shape index (κ1) is 30.3. The Bertz CT molecular complexity index is 1310. The third-order valence-electron chi connectivity index (χ3n) is 6.46. The molecule has 1 saturated heterocycles. The standard InChI is InChI=1S/C24H29N5O4.C2HF3O2/c1-16-5-3-4-6-21(16)17(2)25-23(30)18-7-10-28(11-8-18)14-20-15-29(27-26-20)13-19-9-12-33-22(19)24(31)32;3-2(4,5)1(6)7/h3-6,9,12,15,17-18H,7-8,10-11,13-14H2,1-2H3,(H,25,30)(H,31,32);(H,6,7). The number of furan rings is 1. The second-order valence-electron chi connectivity index (χ2n) is 9.43. The molecule has 1 aliphatic heterocycles. The number of amides is 1. The zero-order chi connectivity index (χ0) is 29.4. The number of aryl methyl sites for hydroxylation is 1. The third-order valence-corrected chi connectivity index (χ3v) is 6.46. The van der Waals surface area contributed by atoms with Crippen LogP contribution in [0, 0.1) is 12.8 Å². The molecule has 1 unspecified atom stereocenters. The Kier molecular flexibility index (Phi) is 10.0. The fraction of sp³-hybridized carbons (Fsp3) is 0.423. The Morgan fingerprint density at radius 2 is 1.77 bits per heavy atom. The van der Waals surface area contributed by atoms with Crippen LogP contribution >= 0.6 is 0 Å². The van der Waals surface area contributed by atoms with Crippen molar-refractivity contribution in [2.45, 2.75) is 52.0 Å². The Morgan fingerprint density at radius 1 is 1.12 bits per heavy atom. The second-order valence-corrected chi connectivity index (χ2v) is 9.43. The number of halogens is 3.